The van der Waals surface area contributed by atoms with Gasteiger partial charge in [0.2, 0.25) is 5.91 Å². The molecule has 5 heteroatoms. The molecule has 0 radical (unpaired) electrons. The molecule has 3 rings (SSSR count). The number of nitrogens with one attached hydrogen (secondary N) is 1. The van der Waals surface area contributed by atoms with Crippen molar-refractivity contribution in [3.63, 3.8) is 0 Å². The highest BCUT2D eigenvalue weighted by atomic mass is 16.5. The van der Waals surface area contributed by atoms with E-state index in [4.69, 9.17) is 4.74 Å². The van der Waals surface area contributed by atoms with E-state index in [1.165, 1.54) is 5.56 Å². The van der Waals surface area contributed by atoms with Crippen LogP contribution < -0.4 is 10.1 Å². The Labute approximate surface area is 174 Å². The van der Waals surface area contributed by atoms with Crippen LogP contribution in [0.5, 0.6) is 5.75 Å². The van der Waals surface area contributed by atoms with Crippen LogP contribution in [0.3, 0.4) is 0 Å². The fourth-order valence-corrected chi connectivity index (χ4v) is 4.18. The number of para-hydroxylation sites is 1. The van der Waals surface area contributed by atoms with Gasteiger partial charge in [-0.1, -0.05) is 38.1 Å². The van der Waals surface area contributed by atoms with E-state index >= 15 is 0 Å². The van der Waals surface area contributed by atoms with Crippen LogP contribution in [0, 0.1) is 11.8 Å². The minimum Gasteiger partial charge on any atom is -0.496 e. The average molecular weight is 396 g/mol. The van der Waals surface area contributed by atoms with Crippen LogP contribution in [0.4, 0.5) is 0 Å². The van der Waals surface area contributed by atoms with Gasteiger partial charge in [0.25, 0.3) is 0 Å². The SMILES string of the molecule is COc1ccccc1CN1CCC[C@@H]([C@@H](NC(=O)CC(C)C)c2ccccn2)C1. The lowest BCUT2D eigenvalue weighted by molar-refractivity contribution is -0.123. The molecule has 1 fully saturated rings. The summed E-state index contributed by atoms with van der Waals surface area (Å²) in [7, 11) is 1.72. The van der Waals surface area contributed by atoms with Crippen LogP contribution in [0.25, 0.3) is 0 Å². The van der Waals surface area contributed by atoms with Crippen molar-refractivity contribution in [2.45, 2.75) is 45.7 Å². The summed E-state index contributed by atoms with van der Waals surface area (Å²) in [4.78, 5) is 19.6. The molecule has 2 atom stereocenters. The van der Waals surface area contributed by atoms with Crippen molar-refractivity contribution in [3.05, 3.63) is 59.9 Å². The number of amides is 1. The number of ether oxygens (including phenoxy) is 1. The molecule has 5 nitrogen and oxygen atoms in total. The minimum absolute atomic E-state index is 0.0529. The first-order valence-electron chi connectivity index (χ1n) is 10.6. The van der Waals surface area contributed by atoms with E-state index in [1.54, 1.807) is 7.11 Å². The molecular weight excluding hydrogens is 362 g/mol. The Kier molecular flexibility index (Phi) is 7.64. The van der Waals surface area contributed by atoms with Gasteiger partial charge in [-0.05, 0) is 49.4 Å². The molecule has 1 amide bonds. The Balaban J connectivity index is 1.74. The standard InChI is InChI=1S/C24H33N3O2/c1-18(2)15-23(28)26-24(21-11-6-7-13-25-21)20-10-8-14-27(17-20)16-19-9-4-5-12-22(19)29-3/h4-7,9,11-13,18,20,24H,8,10,14-17H2,1-3H3,(H,26,28)/t20-,24-/m1/s1. The van der Waals surface area contributed by atoms with Gasteiger partial charge < -0.3 is 10.1 Å². The topological polar surface area (TPSA) is 54.5 Å². The summed E-state index contributed by atoms with van der Waals surface area (Å²) in [6.45, 7) is 7.00. The number of benzene rings is 1. The lowest BCUT2D eigenvalue weighted by atomic mass is 9.88. The summed E-state index contributed by atoms with van der Waals surface area (Å²) < 4.78 is 5.53. The number of piperidine rings is 1. The molecule has 0 bridgehead atoms. The number of hydrogen-bond acceptors (Lipinski definition) is 4. The Morgan fingerprint density at radius 3 is 2.76 bits per heavy atom. The van der Waals surface area contributed by atoms with Crippen molar-refractivity contribution >= 4 is 5.91 Å². The van der Waals surface area contributed by atoms with Crippen molar-refractivity contribution < 1.29 is 9.53 Å². The van der Waals surface area contributed by atoms with Crippen LogP contribution in [-0.4, -0.2) is 36.0 Å². The second-order valence-electron chi connectivity index (χ2n) is 8.35. The first-order valence-corrected chi connectivity index (χ1v) is 10.6. The predicted molar refractivity (Wildman–Crippen MR) is 116 cm³/mol. The number of carbonyl (C=O) groups excluding carboxylic acids is 1. The molecule has 2 heterocycles. The van der Waals surface area contributed by atoms with E-state index in [0.29, 0.717) is 18.3 Å². The third-order valence-electron chi connectivity index (χ3n) is 5.52. The normalized spacial score (nSPS) is 18.4. The summed E-state index contributed by atoms with van der Waals surface area (Å²) in [6, 6.07) is 14.1. The monoisotopic (exact) mass is 395 g/mol. The first-order chi connectivity index (χ1) is 14.1. The summed E-state index contributed by atoms with van der Waals surface area (Å²) >= 11 is 0. The second-order valence-corrected chi connectivity index (χ2v) is 8.35. The molecular formula is C24H33N3O2. The van der Waals surface area contributed by atoms with Crippen molar-refractivity contribution in [1.82, 2.24) is 15.2 Å². The number of nitrogens with zero attached hydrogens (tertiary/aromatic N) is 2. The van der Waals surface area contributed by atoms with E-state index < -0.39 is 0 Å². The van der Waals surface area contributed by atoms with Crippen LogP contribution in [-0.2, 0) is 11.3 Å². The van der Waals surface area contributed by atoms with Gasteiger partial charge in [-0.25, -0.2) is 0 Å². The maximum atomic E-state index is 12.6. The molecule has 0 saturated carbocycles. The maximum absolute atomic E-state index is 12.6. The number of likely N-dealkylation sites (tertiary alicyclic amines) is 1. The smallest absolute Gasteiger partial charge is 0.220 e. The molecule has 29 heavy (non-hydrogen) atoms. The number of aromatic nitrogens is 1. The van der Waals surface area contributed by atoms with Gasteiger partial charge in [-0.3, -0.25) is 14.7 Å². The lowest BCUT2D eigenvalue weighted by Crippen LogP contribution is -2.43. The van der Waals surface area contributed by atoms with Crippen LogP contribution >= 0.6 is 0 Å². The molecule has 1 aliphatic rings. The molecule has 156 valence electrons. The first kappa shape index (κ1) is 21.3. The molecule has 1 aliphatic heterocycles. The van der Waals surface area contributed by atoms with E-state index in [1.807, 2.05) is 36.5 Å². The van der Waals surface area contributed by atoms with Crippen molar-refractivity contribution in [3.8, 4) is 5.75 Å². The Bertz CT molecular complexity index is 779. The van der Waals surface area contributed by atoms with Crippen molar-refractivity contribution in [1.29, 1.82) is 0 Å². The van der Waals surface area contributed by atoms with Gasteiger partial charge in [0.05, 0.1) is 18.8 Å². The number of rotatable bonds is 8. The van der Waals surface area contributed by atoms with Gasteiger partial charge in [0.15, 0.2) is 0 Å². The van der Waals surface area contributed by atoms with E-state index in [9.17, 15) is 4.79 Å². The lowest BCUT2D eigenvalue weighted by Gasteiger charge is -2.37. The Morgan fingerprint density at radius 1 is 1.24 bits per heavy atom. The predicted octanol–water partition coefficient (Wildman–Crippen LogP) is 4.21. The number of hydrogen-bond donors (Lipinski definition) is 1. The molecule has 1 saturated heterocycles. The minimum atomic E-state index is -0.0529. The van der Waals surface area contributed by atoms with Crippen molar-refractivity contribution in [2.24, 2.45) is 11.8 Å². The van der Waals surface area contributed by atoms with Gasteiger partial charge in [-0.2, -0.15) is 0 Å². The van der Waals surface area contributed by atoms with Gasteiger partial charge in [0, 0.05) is 31.3 Å². The summed E-state index contributed by atoms with van der Waals surface area (Å²) in [5.41, 5.74) is 2.16. The molecule has 1 aromatic carbocycles. The zero-order chi connectivity index (χ0) is 20.6. The molecule has 0 aliphatic carbocycles. The maximum Gasteiger partial charge on any atom is 0.220 e. The Hall–Kier alpha value is -2.40. The largest absolute Gasteiger partial charge is 0.496 e. The number of carbonyl (C=O) groups is 1. The van der Waals surface area contributed by atoms with E-state index in [0.717, 1.165) is 43.9 Å². The molecule has 0 spiro atoms. The van der Waals surface area contributed by atoms with Crippen LogP contribution in [0.15, 0.2) is 48.7 Å². The van der Waals surface area contributed by atoms with E-state index in [-0.39, 0.29) is 11.9 Å². The fraction of sp³-hybridized carbons (Fsp3) is 0.500. The van der Waals surface area contributed by atoms with Crippen LogP contribution in [0.1, 0.15) is 50.4 Å². The third-order valence-corrected chi connectivity index (χ3v) is 5.52. The highest BCUT2D eigenvalue weighted by Gasteiger charge is 2.30. The van der Waals surface area contributed by atoms with Gasteiger partial charge >= 0.3 is 0 Å². The molecule has 1 aromatic heterocycles. The summed E-state index contributed by atoms with van der Waals surface area (Å²) in [5, 5.41) is 3.29. The number of pyridine rings is 1. The fourth-order valence-electron chi connectivity index (χ4n) is 4.18. The zero-order valence-electron chi connectivity index (χ0n) is 17.8. The molecule has 2 aromatic rings. The van der Waals surface area contributed by atoms with Crippen molar-refractivity contribution in [2.75, 3.05) is 20.2 Å². The molecule has 1 N–H and O–H groups in total. The van der Waals surface area contributed by atoms with Gasteiger partial charge in [0.1, 0.15) is 5.75 Å². The quantitative estimate of drug-likeness (QED) is 0.728. The van der Waals surface area contributed by atoms with Gasteiger partial charge in [-0.15, -0.1) is 0 Å². The third kappa shape index (κ3) is 6.04. The average Bonchev–Trinajstić information content (AvgIpc) is 2.73. The Morgan fingerprint density at radius 2 is 2.03 bits per heavy atom. The highest BCUT2D eigenvalue weighted by Crippen LogP contribution is 2.31. The molecule has 0 unspecified atom stereocenters. The van der Waals surface area contributed by atoms with E-state index in [2.05, 4.69) is 41.2 Å². The van der Waals surface area contributed by atoms with Crippen LogP contribution in [0.2, 0.25) is 0 Å². The zero-order valence-corrected chi connectivity index (χ0v) is 17.8. The highest BCUT2D eigenvalue weighted by molar-refractivity contribution is 5.76. The number of methoxy groups -OCH3 is 1. The summed E-state index contributed by atoms with van der Waals surface area (Å²) in [5.74, 6) is 1.72. The second kappa shape index (κ2) is 10.4. The summed E-state index contributed by atoms with van der Waals surface area (Å²) in [6.07, 6.45) is 4.56.